The lowest BCUT2D eigenvalue weighted by atomic mass is 10.0. The van der Waals surface area contributed by atoms with Crippen LogP contribution in [0.15, 0.2) is 28.2 Å². The van der Waals surface area contributed by atoms with Crippen LogP contribution in [-0.2, 0) is 0 Å². The third kappa shape index (κ3) is 2.36. The second-order valence-corrected chi connectivity index (χ2v) is 5.09. The molecule has 0 fully saturated rings. The summed E-state index contributed by atoms with van der Waals surface area (Å²) in [5.74, 6) is 0.963. The standard InChI is InChI=1S/C13H17NOS/c1-4-14-13(11-5-9(2)15-7-11)12-6-10(3)16-8-12/h5-8,13-14H,4H2,1-3H3. The molecule has 0 aliphatic rings. The molecule has 0 saturated carbocycles. The quantitative estimate of drug-likeness (QED) is 0.875. The molecular formula is C13H17NOS. The molecule has 0 amide bonds. The predicted octanol–water partition coefficient (Wildman–Crippen LogP) is 3.66. The maximum atomic E-state index is 5.38. The molecule has 2 heterocycles. The molecule has 2 aromatic heterocycles. The van der Waals surface area contributed by atoms with Crippen molar-refractivity contribution in [3.8, 4) is 0 Å². The molecule has 2 nitrogen and oxygen atoms in total. The van der Waals surface area contributed by atoms with Crippen LogP contribution in [-0.4, -0.2) is 6.54 Å². The van der Waals surface area contributed by atoms with Gasteiger partial charge in [0.05, 0.1) is 12.3 Å². The van der Waals surface area contributed by atoms with Gasteiger partial charge in [0.2, 0.25) is 0 Å². The van der Waals surface area contributed by atoms with Crippen LogP contribution in [0, 0.1) is 13.8 Å². The Morgan fingerprint density at radius 1 is 1.31 bits per heavy atom. The minimum absolute atomic E-state index is 0.257. The summed E-state index contributed by atoms with van der Waals surface area (Å²) < 4.78 is 5.38. The molecule has 0 aliphatic heterocycles. The Hall–Kier alpha value is -1.06. The van der Waals surface area contributed by atoms with Gasteiger partial charge in [0.15, 0.2) is 0 Å². The number of furan rings is 1. The maximum Gasteiger partial charge on any atom is 0.101 e. The normalized spacial score (nSPS) is 12.9. The summed E-state index contributed by atoms with van der Waals surface area (Å²) in [7, 11) is 0. The first-order valence-corrected chi connectivity index (χ1v) is 6.42. The van der Waals surface area contributed by atoms with Gasteiger partial charge in [-0.1, -0.05) is 6.92 Å². The van der Waals surface area contributed by atoms with Crippen LogP contribution in [0.1, 0.15) is 34.7 Å². The van der Waals surface area contributed by atoms with Crippen LogP contribution < -0.4 is 5.32 Å². The van der Waals surface area contributed by atoms with E-state index in [4.69, 9.17) is 4.42 Å². The Bertz CT molecular complexity index is 418. The van der Waals surface area contributed by atoms with Crippen molar-refractivity contribution >= 4 is 11.3 Å². The van der Waals surface area contributed by atoms with Crippen LogP contribution in [0.5, 0.6) is 0 Å². The first-order valence-electron chi connectivity index (χ1n) is 5.54. The molecule has 0 spiro atoms. The van der Waals surface area contributed by atoms with Gasteiger partial charge in [-0.3, -0.25) is 0 Å². The Morgan fingerprint density at radius 3 is 2.62 bits per heavy atom. The average molecular weight is 235 g/mol. The monoisotopic (exact) mass is 235 g/mol. The van der Waals surface area contributed by atoms with Crippen molar-refractivity contribution in [3.63, 3.8) is 0 Å². The smallest absolute Gasteiger partial charge is 0.101 e. The summed E-state index contributed by atoms with van der Waals surface area (Å²) in [6.45, 7) is 7.19. The molecular weight excluding hydrogens is 218 g/mol. The van der Waals surface area contributed by atoms with Crippen molar-refractivity contribution in [2.45, 2.75) is 26.8 Å². The molecule has 0 saturated heterocycles. The van der Waals surface area contributed by atoms with Gasteiger partial charge in [0.1, 0.15) is 5.76 Å². The zero-order chi connectivity index (χ0) is 11.5. The fourth-order valence-corrected chi connectivity index (χ4v) is 2.59. The summed E-state index contributed by atoms with van der Waals surface area (Å²) >= 11 is 1.79. The van der Waals surface area contributed by atoms with E-state index in [-0.39, 0.29) is 6.04 Å². The van der Waals surface area contributed by atoms with Gasteiger partial charge >= 0.3 is 0 Å². The summed E-state index contributed by atoms with van der Waals surface area (Å²) in [6.07, 6.45) is 1.84. The molecule has 1 unspecified atom stereocenters. The Labute approximate surface area is 100 Å². The molecule has 86 valence electrons. The van der Waals surface area contributed by atoms with Crippen LogP contribution in [0.4, 0.5) is 0 Å². The third-order valence-electron chi connectivity index (χ3n) is 2.58. The first-order chi connectivity index (χ1) is 7.70. The third-order valence-corrected chi connectivity index (χ3v) is 3.46. The Morgan fingerprint density at radius 2 is 2.12 bits per heavy atom. The maximum absolute atomic E-state index is 5.38. The highest BCUT2D eigenvalue weighted by Gasteiger charge is 2.15. The Balaban J connectivity index is 2.30. The van der Waals surface area contributed by atoms with Crippen LogP contribution in [0.2, 0.25) is 0 Å². The molecule has 3 heteroatoms. The Kier molecular flexibility index (Phi) is 3.46. The lowest BCUT2D eigenvalue weighted by molar-refractivity contribution is 0.526. The fraction of sp³-hybridized carbons (Fsp3) is 0.385. The van der Waals surface area contributed by atoms with Crippen LogP contribution in [0.3, 0.4) is 0 Å². The number of nitrogens with one attached hydrogen (secondary N) is 1. The summed E-state index contributed by atoms with van der Waals surface area (Å²) in [4.78, 5) is 1.35. The molecule has 2 aromatic rings. The van der Waals surface area contributed by atoms with Crippen molar-refractivity contribution in [3.05, 3.63) is 45.5 Å². The second-order valence-electron chi connectivity index (χ2n) is 3.97. The topological polar surface area (TPSA) is 25.2 Å². The summed E-state index contributed by atoms with van der Waals surface area (Å²) in [5, 5.41) is 5.70. The minimum Gasteiger partial charge on any atom is -0.469 e. The number of aryl methyl sites for hydroxylation is 2. The molecule has 0 aromatic carbocycles. The van der Waals surface area contributed by atoms with E-state index in [1.54, 1.807) is 11.3 Å². The van der Waals surface area contributed by atoms with Gasteiger partial charge in [-0.15, -0.1) is 11.3 Å². The summed E-state index contributed by atoms with van der Waals surface area (Å²) in [5.41, 5.74) is 2.53. The zero-order valence-electron chi connectivity index (χ0n) is 9.91. The largest absolute Gasteiger partial charge is 0.469 e. The molecule has 1 N–H and O–H groups in total. The van der Waals surface area contributed by atoms with Crippen molar-refractivity contribution < 1.29 is 4.42 Å². The first kappa shape index (κ1) is 11.4. The number of thiophene rings is 1. The average Bonchev–Trinajstić information content (AvgIpc) is 2.84. The lowest BCUT2D eigenvalue weighted by Gasteiger charge is -2.14. The molecule has 0 bridgehead atoms. The second kappa shape index (κ2) is 4.85. The van der Waals surface area contributed by atoms with Crippen LogP contribution in [0.25, 0.3) is 0 Å². The van der Waals surface area contributed by atoms with E-state index in [0.29, 0.717) is 0 Å². The molecule has 1 atom stereocenters. The minimum atomic E-state index is 0.257. The van der Waals surface area contributed by atoms with Crippen LogP contribution >= 0.6 is 11.3 Å². The highest BCUT2D eigenvalue weighted by molar-refractivity contribution is 7.10. The summed E-state index contributed by atoms with van der Waals surface area (Å²) in [6, 6.07) is 4.59. The van der Waals surface area contributed by atoms with Gasteiger partial charge in [-0.05, 0) is 43.5 Å². The molecule has 16 heavy (non-hydrogen) atoms. The number of hydrogen-bond acceptors (Lipinski definition) is 3. The van der Waals surface area contributed by atoms with E-state index in [9.17, 15) is 0 Å². The highest BCUT2D eigenvalue weighted by atomic mass is 32.1. The number of rotatable bonds is 4. The van der Waals surface area contributed by atoms with E-state index in [2.05, 4.69) is 36.7 Å². The van der Waals surface area contributed by atoms with Gasteiger partial charge in [0, 0.05) is 10.4 Å². The van der Waals surface area contributed by atoms with Crippen molar-refractivity contribution in [1.29, 1.82) is 0 Å². The van der Waals surface area contributed by atoms with Crippen molar-refractivity contribution in [1.82, 2.24) is 5.32 Å². The van der Waals surface area contributed by atoms with Gasteiger partial charge in [-0.2, -0.15) is 0 Å². The SMILES string of the molecule is CCNC(c1coc(C)c1)c1csc(C)c1. The zero-order valence-corrected chi connectivity index (χ0v) is 10.7. The van der Waals surface area contributed by atoms with E-state index < -0.39 is 0 Å². The van der Waals surface area contributed by atoms with E-state index >= 15 is 0 Å². The van der Waals surface area contributed by atoms with E-state index in [1.165, 1.54) is 16.0 Å². The van der Waals surface area contributed by atoms with Gasteiger partial charge in [-0.25, -0.2) is 0 Å². The van der Waals surface area contributed by atoms with Gasteiger partial charge in [0.25, 0.3) is 0 Å². The molecule has 0 aliphatic carbocycles. The lowest BCUT2D eigenvalue weighted by Crippen LogP contribution is -2.20. The van der Waals surface area contributed by atoms with E-state index in [0.717, 1.165) is 12.3 Å². The predicted molar refractivity (Wildman–Crippen MR) is 68.0 cm³/mol. The highest BCUT2D eigenvalue weighted by Crippen LogP contribution is 2.27. The van der Waals surface area contributed by atoms with Crippen molar-refractivity contribution in [2.75, 3.05) is 6.54 Å². The fourth-order valence-electron chi connectivity index (χ4n) is 1.86. The van der Waals surface area contributed by atoms with Gasteiger partial charge < -0.3 is 9.73 Å². The molecule has 0 radical (unpaired) electrons. The molecule has 2 rings (SSSR count). The number of hydrogen-bond donors (Lipinski definition) is 1. The van der Waals surface area contributed by atoms with Crippen molar-refractivity contribution in [2.24, 2.45) is 0 Å². The van der Waals surface area contributed by atoms with E-state index in [1.807, 2.05) is 13.2 Å².